The summed E-state index contributed by atoms with van der Waals surface area (Å²) in [6.07, 6.45) is 0.602. The molecule has 0 saturated heterocycles. The number of esters is 1. The molecule has 1 aromatic heterocycles. The molecule has 0 saturated carbocycles. The Hall–Kier alpha value is -2.92. The summed E-state index contributed by atoms with van der Waals surface area (Å²) >= 11 is 5.79. The predicted molar refractivity (Wildman–Crippen MR) is 103 cm³/mol. The van der Waals surface area contributed by atoms with E-state index in [-0.39, 0.29) is 24.4 Å². The Morgan fingerprint density at radius 3 is 2.48 bits per heavy atom. The maximum atomic E-state index is 12.6. The molecule has 0 radical (unpaired) electrons. The number of halogens is 1. The third-order valence-corrected chi connectivity index (χ3v) is 4.51. The summed E-state index contributed by atoms with van der Waals surface area (Å²) in [6, 6.07) is 13.9. The van der Waals surface area contributed by atoms with E-state index in [1.807, 2.05) is 24.3 Å². The Balaban J connectivity index is 1.56. The number of hydrogen-bond donors (Lipinski definition) is 1. The minimum atomic E-state index is -0.928. The lowest BCUT2D eigenvalue weighted by Crippen LogP contribution is -2.24. The van der Waals surface area contributed by atoms with Gasteiger partial charge in [-0.05, 0) is 37.3 Å². The van der Waals surface area contributed by atoms with Crippen molar-refractivity contribution in [2.45, 2.75) is 25.9 Å². The van der Waals surface area contributed by atoms with E-state index in [1.165, 1.54) is 6.92 Å². The van der Waals surface area contributed by atoms with Crippen LogP contribution in [0.15, 0.2) is 54.7 Å². The fourth-order valence-corrected chi connectivity index (χ4v) is 2.93. The quantitative estimate of drug-likeness (QED) is 0.478. The fraction of sp³-hybridized carbons (Fsp3) is 0.190. The molecule has 0 spiro atoms. The van der Waals surface area contributed by atoms with Crippen LogP contribution in [0.25, 0.3) is 10.9 Å². The number of H-pyrrole nitrogens is 1. The standard InChI is InChI=1S/C21H18ClNO4/c1-13(21(26)17-12-23-18-5-3-2-4-16(17)18)27-20(25)11-10-19(24)14-6-8-15(22)9-7-14/h2-9,12-13,23H,10-11H2,1H3/t13-/m1/s1. The second-order valence-electron chi connectivity index (χ2n) is 6.17. The molecule has 3 aromatic rings. The van der Waals surface area contributed by atoms with Crippen LogP contribution in [-0.4, -0.2) is 28.6 Å². The number of benzene rings is 2. The number of para-hydroxylation sites is 1. The SMILES string of the molecule is C[C@@H](OC(=O)CCC(=O)c1ccc(Cl)cc1)C(=O)c1c[nH]c2ccccc12. The summed E-state index contributed by atoms with van der Waals surface area (Å²) in [5.41, 5.74) is 1.80. The van der Waals surface area contributed by atoms with Crippen LogP contribution in [0, 0.1) is 0 Å². The highest BCUT2D eigenvalue weighted by Crippen LogP contribution is 2.20. The summed E-state index contributed by atoms with van der Waals surface area (Å²) in [6.45, 7) is 1.53. The lowest BCUT2D eigenvalue weighted by molar-refractivity contribution is -0.146. The second-order valence-corrected chi connectivity index (χ2v) is 6.61. The smallest absolute Gasteiger partial charge is 0.306 e. The van der Waals surface area contributed by atoms with Gasteiger partial charge in [0.2, 0.25) is 5.78 Å². The topological polar surface area (TPSA) is 76.2 Å². The van der Waals surface area contributed by atoms with Gasteiger partial charge in [0.05, 0.1) is 6.42 Å². The highest BCUT2D eigenvalue weighted by molar-refractivity contribution is 6.30. The van der Waals surface area contributed by atoms with Gasteiger partial charge in [0.25, 0.3) is 0 Å². The molecule has 0 amide bonds. The van der Waals surface area contributed by atoms with Crippen LogP contribution in [-0.2, 0) is 9.53 Å². The van der Waals surface area contributed by atoms with Gasteiger partial charge >= 0.3 is 5.97 Å². The Bertz CT molecular complexity index is 991. The molecule has 3 rings (SSSR count). The minimum absolute atomic E-state index is 0.00839. The first-order valence-electron chi connectivity index (χ1n) is 8.54. The Morgan fingerprint density at radius 2 is 1.74 bits per heavy atom. The molecule has 6 heteroatoms. The maximum Gasteiger partial charge on any atom is 0.306 e. The lowest BCUT2D eigenvalue weighted by atomic mass is 10.1. The molecular weight excluding hydrogens is 366 g/mol. The van der Waals surface area contributed by atoms with E-state index in [1.54, 1.807) is 30.5 Å². The molecule has 138 valence electrons. The third kappa shape index (κ3) is 4.44. The number of fused-ring (bicyclic) bond motifs is 1. The van der Waals surface area contributed by atoms with Gasteiger partial charge in [-0.3, -0.25) is 14.4 Å². The van der Waals surface area contributed by atoms with Crippen LogP contribution in [0.3, 0.4) is 0 Å². The molecule has 2 aromatic carbocycles. The molecule has 0 fully saturated rings. The number of aromatic nitrogens is 1. The first-order chi connectivity index (χ1) is 13.0. The van der Waals surface area contributed by atoms with Gasteiger partial charge in [-0.25, -0.2) is 0 Å². The van der Waals surface area contributed by atoms with Crippen molar-refractivity contribution in [2.75, 3.05) is 0 Å². The van der Waals surface area contributed by atoms with Crippen molar-refractivity contribution in [2.24, 2.45) is 0 Å². The predicted octanol–water partition coefficient (Wildman–Crippen LogP) is 4.60. The van der Waals surface area contributed by atoms with Gasteiger partial charge in [-0.1, -0.05) is 29.8 Å². The molecule has 0 unspecified atom stereocenters. The van der Waals surface area contributed by atoms with E-state index >= 15 is 0 Å². The molecule has 1 atom stereocenters. The Labute approximate surface area is 161 Å². The number of aromatic amines is 1. The first kappa shape index (κ1) is 18.9. The van der Waals surface area contributed by atoms with Crippen molar-refractivity contribution < 1.29 is 19.1 Å². The molecule has 5 nitrogen and oxygen atoms in total. The third-order valence-electron chi connectivity index (χ3n) is 4.25. The van der Waals surface area contributed by atoms with Crippen LogP contribution in [0.1, 0.15) is 40.5 Å². The Kier molecular flexibility index (Phi) is 5.72. The monoisotopic (exact) mass is 383 g/mol. The van der Waals surface area contributed by atoms with E-state index in [0.29, 0.717) is 16.1 Å². The number of ether oxygens (including phenoxy) is 1. The van der Waals surface area contributed by atoms with E-state index in [9.17, 15) is 14.4 Å². The zero-order chi connectivity index (χ0) is 19.4. The van der Waals surface area contributed by atoms with E-state index < -0.39 is 12.1 Å². The van der Waals surface area contributed by atoms with Gasteiger partial charge in [0.1, 0.15) is 0 Å². The summed E-state index contributed by atoms with van der Waals surface area (Å²) in [5.74, 6) is -1.05. The van der Waals surface area contributed by atoms with Crippen molar-refractivity contribution in [3.8, 4) is 0 Å². The van der Waals surface area contributed by atoms with E-state index in [0.717, 1.165) is 10.9 Å². The van der Waals surface area contributed by atoms with Crippen LogP contribution < -0.4 is 0 Å². The zero-order valence-electron chi connectivity index (χ0n) is 14.7. The minimum Gasteiger partial charge on any atom is -0.454 e. The van der Waals surface area contributed by atoms with Crippen LogP contribution >= 0.6 is 11.6 Å². The second kappa shape index (κ2) is 8.18. The summed E-state index contributed by atoms with van der Waals surface area (Å²) in [4.78, 5) is 39.7. The normalized spacial score (nSPS) is 11.9. The molecule has 0 bridgehead atoms. The number of carbonyl (C=O) groups is 3. The van der Waals surface area contributed by atoms with Crippen molar-refractivity contribution >= 4 is 40.0 Å². The van der Waals surface area contributed by atoms with Gasteiger partial charge < -0.3 is 9.72 Å². The first-order valence-corrected chi connectivity index (χ1v) is 8.92. The molecule has 1 N–H and O–H groups in total. The summed E-state index contributed by atoms with van der Waals surface area (Å²) in [7, 11) is 0. The average Bonchev–Trinajstić information content (AvgIpc) is 3.10. The van der Waals surface area contributed by atoms with Crippen LogP contribution in [0.4, 0.5) is 0 Å². The molecule has 0 aliphatic heterocycles. The maximum absolute atomic E-state index is 12.6. The molecular formula is C21H18ClNO4. The van der Waals surface area contributed by atoms with Crippen LogP contribution in [0.2, 0.25) is 5.02 Å². The summed E-state index contributed by atoms with van der Waals surface area (Å²) in [5, 5.41) is 1.32. The van der Waals surface area contributed by atoms with Crippen LogP contribution in [0.5, 0.6) is 0 Å². The van der Waals surface area contributed by atoms with Gasteiger partial charge in [0, 0.05) is 39.7 Å². The molecule has 27 heavy (non-hydrogen) atoms. The van der Waals surface area contributed by atoms with Gasteiger partial charge in [-0.2, -0.15) is 0 Å². The Morgan fingerprint density at radius 1 is 1.04 bits per heavy atom. The average molecular weight is 384 g/mol. The van der Waals surface area contributed by atoms with Crippen molar-refractivity contribution in [3.05, 3.63) is 70.9 Å². The fourth-order valence-electron chi connectivity index (χ4n) is 2.80. The van der Waals surface area contributed by atoms with E-state index in [2.05, 4.69) is 4.98 Å². The van der Waals surface area contributed by atoms with Gasteiger partial charge in [0.15, 0.2) is 11.9 Å². The number of rotatable bonds is 7. The lowest BCUT2D eigenvalue weighted by Gasteiger charge is -2.11. The summed E-state index contributed by atoms with van der Waals surface area (Å²) < 4.78 is 5.21. The largest absolute Gasteiger partial charge is 0.454 e. The highest BCUT2D eigenvalue weighted by atomic mass is 35.5. The highest BCUT2D eigenvalue weighted by Gasteiger charge is 2.22. The van der Waals surface area contributed by atoms with Crippen molar-refractivity contribution in [3.63, 3.8) is 0 Å². The number of carbonyl (C=O) groups excluding carboxylic acids is 3. The zero-order valence-corrected chi connectivity index (χ0v) is 15.5. The molecule has 1 heterocycles. The molecule has 0 aliphatic rings. The van der Waals surface area contributed by atoms with E-state index in [4.69, 9.17) is 16.3 Å². The van der Waals surface area contributed by atoms with Gasteiger partial charge in [-0.15, -0.1) is 0 Å². The number of Topliss-reactive ketones (excluding diaryl/α,β-unsaturated/α-hetero) is 2. The number of nitrogens with one attached hydrogen (secondary N) is 1. The number of ketones is 2. The van der Waals surface area contributed by atoms with Crippen molar-refractivity contribution in [1.82, 2.24) is 4.98 Å². The molecule has 0 aliphatic carbocycles. The van der Waals surface area contributed by atoms with Crippen molar-refractivity contribution in [1.29, 1.82) is 0 Å². The number of hydrogen-bond acceptors (Lipinski definition) is 4.